The molecule has 0 bridgehead atoms. The van der Waals surface area contributed by atoms with Crippen molar-refractivity contribution in [2.75, 3.05) is 86.2 Å². The zero-order chi connectivity index (χ0) is 31.3. The van der Waals surface area contributed by atoms with E-state index in [0.29, 0.717) is 73.7 Å². The van der Waals surface area contributed by atoms with Crippen LogP contribution in [0.4, 0.5) is 10.5 Å². The first-order chi connectivity index (χ1) is 21.4. The molecule has 2 heterocycles. The SMILES string of the molecule is COc1ccc(NC(=O)N(CCN2CCOCC2)CC(=O)N(CCc2ccc(OC)c(OC)c2)Cc2ccco2)c(OC)c1. The van der Waals surface area contributed by atoms with Crippen LogP contribution in [-0.4, -0.2) is 108 Å². The van der Waals surface area contributed by atoms with Crippen molar-refractivity contribution >= 4 is 17.6 Å². The lowest BCUT2D eigenvalue weighted by Crippen LogP contribution is -2.48. The molecule has 1 fully saturated rings. The van der Waals surface area contributed by atoms with Crippen LogP contribution in [0.3, 0.4) is 0 Å². The molecule has 2 aromatic carbocycles. The van der Waals surface area contributed by atoms with Crippen molar-refractivity contribution in [2.24, 2.45) is 0 Å². The first-order valence-electron chi connectivity index (χ1n) is 14.5. The Labute approximate surface area is 258 Å². The quantitative estimate of drug-likeness (QED) is 0.275. The fourth-order valence-electron chi connectivity index (χ4n) is 4.88. The van der Waals surface area contributed by atoms with Crippen LogP contribution in [0.5, 0.6) is 23.0 Å². The minimum atomic E-state index is -0.409. The third-order valence-corrected chi connectivity index (χ3v) is 7.45. The van der Waals surface area contributed by atoms with Crippen molar-refractivity contribution in [3.63, 3.8) is 0 Å². The summed E-state index contributed by atoms with van der Waals surface area (Å²) in [4.78, 5) is 33.0. The predicted molar refractivity (Wildman–Crippen MR) is 165 cm³/mol. The van der Waals surface area contributed by atoms with Crippen molar-refractivity contribution in [2.45, 2.75) is 13.0 Å². The zero-order valence-corrected chi connectivity index (χ0v) is 25.9. The normalized spacial score (nSPS) is 13.2. The van der Waals surface area contributed by atoms with E-state index in [1.54, 1.807) is 56.8 Å². The summed E-state index contributed by atoms with van der Waals surface area (Å²) >= 11 is 0. The first kappa shape index (κ1) is 32.5. The molecule has 1 N–H and O–H groups in total. The molecule has 0 aliphatic carbocycles. The van der Waals surface area contributed by atoms with E-state index in [1.165, 1.54) is 12.0 Å². The lowest BCUT2D eigenvalue weighted by molar-refractivity contribution is -0.132. The van der Waals surface area contributed by atoms with Crippen LogP contribution in [0.25, 0.3) is 0 Å². The molecule has 0 saturated carbocycles. The van der Waals surface area contributed by atoms with Gasteiger partial charge < -0.3 is 43.2 Å². The molecule has 0 spiro atoms. The number of carbonyl (C=O) groups is 2. The van der Waals surface area contributed by atoms with Gasteiger partial charge in [0.15, 0.2) is 11.5 Å². The number of benzene rings is 2. The Morgan fingerprint density at radius 3 is 2.32 bits per heavy atom. The van der Waals surface area contributed by atoms with Gasteiger partial charge in [-0.05, 0) is 48.4 Å². The van der Waals surface area contributed by atoms with Crippen LogP contribution in [-0.2, 0) is 22.5 Å². The predicted octanol–water partition coefficient (Wildman–Crippen LogP) is 3.75. The highest BCUT2D eigenvalue weighted by Crippen LogP contribution is 2.30. The summed E-state index contributed by atoms with van der Waals surface area (Å²) < 4.78 is 32.6. The van der Waals surface area contributed by atoms with Gasteiger partial charge in [0, 0.05) is 38.8 Å². The van der Waals surface area contributed by atoms with E-state index in [-0.39, 0.29) is 19.0 Å². The second kappa shape index (κ2) is 16.4. The maximum absolute atomic E-state index is 13.9. The van der Waals surface area contributed by atoms with E-state index in [2.05, 4.69) is 10.2 Å². The number of nitrogens with zero attached hydrogens (tertiary/aromatic N) is 3. The fourth-order valence-corrected chi connectivity index (χ4v) is 4.88. The highest BCUT2D eigenvalue weighted by atomic mass is 16.5. The highest BCUT2D eigenvalue weighted by Gasteiger charge is 2.24. The molecular weight excluding hydrogens is 568 g/mol. The number of hydrogen-bond acceptors (Lipinski definition) is 9. The van der Waals surface area contributed by atoms with Gasteiger partial charge in [-0.1, -0.05) is 6.07 Å². The smallest absolute Gasteiger partial charge is 0.322 e. The number of anilines is 1. The summed E-state index contributed by atoms with van der Waals surface area (Å²) in [5.41, 5.74) is 1.46. The number of hydrogen-bond donors (Lipinski definition) is 1. The van der Waals surface area contributed by atoms with Crippen molar-refractivity contribution in [3.05, 3.63) is 66.1 Å². The van der Waals surface area contributed by atoms with Gasteiger partial charge >= 0.3 is 6.03 Å². The van der Waals surface area contributed by atoms with E-state index >= 15 is 0 Å². The van der Waals surface area contributed by atoms with Gasteiger partial charge in [0.25, 0.3) is 0 Å². The average Bonchev–Trinajstić information content (AvgIpc) is 3.58. The summed E-state index contributed by atoms with van der Waals surface area (Å²) in [6.45, 7) is 4.32. The van der Waals surface area contributed by atoms with Gasteiger partial charge in [-0.15, -0.1) is 0 Å². The molecule has 3 aromatic rings. The molecule has 3 amide bonds. The number of urea groups is 1. The van der Waals surface area contributed by atoms with Gasteiger partial charge in [-0.2, -0.15) is 0 Å². The van der Waals surface area contributed by atoms with Crippen molar-refractivity contribution in [1.82, 2.24) is 14.7 Å². The first-order valence-corrected chi connectivity index (χ1v) is 14.5. The monoisotopic (exact) mass is 610 g/mol. The Kier molecular flexibility index (Phi) is 12.1. The molecule has 1 aliphatic rings. The lowest BCUT2D eigenvalue weighted by Gasteiger charge is -2.31. The van der Waals surface area contributed by atoms with Crippen molar-refractivity contribution in [1.29, 1.82) is 0 Å². The maximum atomic E-state index is 13.9. The Morgan fingerprint density at radius 1 is 0.864 bits per heavy atom. The van der Waals surface area contributed by atoms with E-state index in [1.807, 2.05) is 24.3 Å². The third-order valence-electron chi connectivity index (χ3n) is 7.45. The van der Waals surface area contributed by atoms with E-state index in [0.717, 1.165) is 18.7 Å². The Balaban J connectivity index is 1.51. The molecule has 238 valence electrons. The second-order valence-corrected chi connectivity index (χ2v) is 10.2. The molecule has 44 heavy (non-hydrogen) atoms. The van der Waals surface area contributed by atoms with Crippen LogP contribution in [0.2, 0.25) is 0 Å². The number of morpholine rings is 1. The molecular formula is C32H42N4O8. The van der Waals surface area contributed by atoms with Gasteiger partial charge in [-0.3, -0.25) is 9.69 Å². The molecule has 12 nitrogen and oxygen atoms in total. The maximum Gasteiger partial charge on any atom is 0.322 e. The summed E-state index contributed by atoms with van der Waals surface area (Å²) in [5, 5.41) is 2.92. The summed E-state index contributed by atoms with van der Waals surface area (Å²) in [6, 6.07) is 14.0. The third kappa shape index (κ3) is 9.04. The molecule has 0 unspecified atom stereocenters. The van der Waals surface area contributed by atoms with E-state index in [9.17, 15) is 9.59 Å². The van der Waals surface area contributed by atoms with Crippen molar-refractivity contribution < 1.29 is 37.7 Å². The molecule has 1 aliphatic heterocycles. The lowest BCUT2D eigenvalue weighted by atomic mass is 10.1. The number of furan rings is 1. The topological polar surface area (TPSA) is 115 Å². The van der Waals surface area contributed by atoms with Crippen LogP contribution < -0.4 is 24.3 Å². The number of rotatable bonds is 15. The van der Waals surface area contributed by atoms with Gasteiger partial charge in [0.1, 0.15) is 23.8 Å². The summed E-state index contributed by atoms with van der Waals surface area (Å²) in [6.07, 6.45) is 2.15. The van der Waals surface area contributed by atoms with Crippen molar-refractivity contribution in [3.8, 4) is 23.0 Å². The molecule has 4 rings (SSSR count). The van der Waals surface area contributed by atoms with Gasteiger partial charge in [0.2, 0.25) is 5.91 Å². The highest BCUT2D eigenvalue weighted by molar-refractivity contribution is 5.93. The molecule has 0 radical (unpaired) electrons. The number of methoxy groups -OCH3 is 4. The number of carbonyl (C=O) groups excluding carboxylic acids is 2. The van der Waals surface area contributed by atoms with Gasteiger partial charge in [-0.25, -0.2) is 4.79 Å². The molecule has 12 heteroatoms. The van der Waals surface area contributed by atoms with Crippen LogP contribution in [0, 0.1) is 0 Å². The summed E-state index contributed by atoms with van der Waals surface area (Å²) in [5.74, 6) is 2.75. The minimum Gasteiger partial charge on any atom is -0.497 e. The standard InChI is InChI=1S/C32H42N4O8/c1-39-25-8-9-27(29(21-25)41-3)33-32(38)36(14-13-34-15-18-43-19-16-34)23-31(37)35(22-26-6-5-17-44-26)12-11-24-7-10-28(40-2)30(20-24)42-4/h5-10,17,20-21H,11-16,18-19,22-23H2,1-4H3,(H,33,38). The molecule has 1 saturated heterocycles. The Morgan fingerprint density at radius 2 is 1.64 bits per heavy atom. The fraction of sp³-hybridized carbons (Fsp3) is 0.438. The Hall–Kier alpha value is -4.42. The Bertz CT molecular complexity index is 1340. The largest absolute Gasteiger partial charge is 0.497 e. The van der Waals surface area contributed by atoms with Crippen LogP contribution in [0.1, 0.15) is 11.3 Å². The summed E-state index contributed by atoms with van der Waals surface area (Å²) in [7, 11) is 6.26. The van der Waals surface area contributed by atoms with E-state index < -0.39 is 6.03 Å². The van der Waals surface area contributed by atoms with Crippen LogP contribution >= 0.6 is 0 Å². The molecule has 1 aromatic heterocycles. The zero-order valence-electron chi connectivity index (χ0n) is 25.9. The van der Waals surface area contributed by atoms with Gasteiger partial charge in [0.05, 0.1) is 60.1 Å². The number of ether oxygens (including phenoxy) is 5. The van der Waals surface area contributed by atoms with Crippen LogP contribution in [0.15, 0.2) is 59.2 Å². The second-order valence-electron chi connectivity index (χ2n) is 10.2. The number of amides is 3. The number of nitrogens with one attached hydrogen (secondary N) is 1. The molecule has 0 atom stereocenters. The van der Waals surface area contributed by atoms with E-state index in [4.69, 9.17) is 28.1 Å². The average molecular weight is 611 g/mol. The minimum absolute atomic E-state index is 0.124.